The molecule has 0 fully saturated rings. The van der Waals surface area contributed by atoms with Crippen LogP contribution in [0.4, 0.5) is 5.69 Å². The van der Waals surface area contributed by atoms with E-state index in [2.05, 4.69) is 19.9 Å². The van der Waals surface area contributed by atoms with Gasteiger partial charge in [0, 0.05) is 24.9 Å². The zero-order valence-corrected chi connectivity index (χ0v) is 11.6. The first kappa shape index (κ1) is 12.5. The highest BCUT2D eigenvalue weighted by Crippen LogP contribution is 2.21. The summed E-state index contributed by atoms with van der Waals surface area (Å²) in [6.07, 6.45) is 8.34. The van der Waals surface area contributed by atoms with Crippen LogP contribution in [0.2, 0.25) is 0 Å². The topological polar surface area (TPSA) is 74.6 Å². The summed E-state index contributed by atoms with van der Waals surface area (Å²) < 4.78 is 4.14. The van der Waals surface area contributed by atoms with Gasteiger partial charge in [-0.05, 0) is 12.8 Å². The molecule has 0 saturated carbocycles. The summed E-state index contributed by atoms with van der Waals surface area (Å²) in [4.78, 5) is 0. The van der Waals surface area contributed by atoms with E-state index in [1.165, 1.54) is 19.3 Å². The quantitative estimate of drug-likeness (QED) is 0.859. The Morgan fingerprint density at radius 1 is 1.26 bits per heavy atom. The predicted octanol–water partition coefficient (Wildman–Crippen LogP) is 1.58. The highest BCUT2D eigenvalue weighted by molar-refractivity contribution is 7.99. The summed E-state index contributed by atoms with van der Waals surface area (Å²) in [5, 5.41) is 13.8. The SMILES string of the molecule is Nc1cnn(CCSc2nnc3n2CCCCC3)c1. The number of hydrogen-bond acceptors (Lipinski definition) is 5. The van der Waals surface area contributed by atoms with Crippen LogP contribution in [0.5, 0.6) is 0 Å². The second-order valence-corrected chi connectivity index (χ2v) is 5.81. The van der Waals surface area contributed by atoms with Gasteiger partial charge in [-0.3, -0.25) is 4.68 Å². The van der Waals surface area contributed by atoms with E-state index in [1.807, 2.05) is 10.9 Å². The van der Waals surface area contributed by atoms with E-state index < -0.39 is 0 Å². The van der Waals surface area contributed by atoms with Crippen LogP contribution in [0, 0.1) is 0 Å². The van der Waals surface area contributed by atoms with Gasteiger partial charge in [0.25, 0.3) is 0 Å². The third-order valence-corrected chi connectivity index (χ3v) is 4.23. The minimum absolute atomic E-state index is 0.710. The summed E-state index contributed by atoms with van der Waals surface area (Å²) in [6.45, 7) is 1.89. The number of nitrogens with zero attached hydrogens (tertiary/aromatic N) is 5. The highest BCUT2D eigenvalue weighted by Gasteiger charge is 2.14. The molecule has 2 aromatic rings. The molecule has 0 bridgehead atoms. The summed E-state index contributed by atoms with van der Waals surface area (Å²) >= 11 is 1.74. The number of fused-ring (bicyclic) bond motifs is 1. The average Bonchev–Trinajstić information content (AvgIpc) is 2.90. The van der Waals surface area contributed by atoms with E-state index in [4.69, 9.17) is 5.73 Å². The summed E-state index contributed by atoms with van der Waals surface area (Å²) in [6, 6.07) is 0. The van der Waals surface area contributed by atoms with Gasteiger partial charge < -0.3 is 10.3 Å². The van der Waals surface area contributed by atoms with E-state index in [0.29, 0.717) is 5.69 Å². The van der Waals surface area contributed by atoms with Gasteiger partial charge in [0.1, 0.15) is 5.82 Å². The second kappa shape index (κ2) is 5.64. The molecule has 2 aromatic heterocycles. The lowest BCUT2D eigenvalue weighted by Crippen LogP contribution is -2.05. The van der Waals surface area contributed by atoms with Crippen LogP contribution >= 0.6 is 11.8 Å². The molecule has 3 heterocycles. The van der Waals surface area contributed by atoms with Gasteiger partial charge in [0.05, 0.1) is 18.4 Å². The Morgan fingerprint density at radius 2 is 2.21 bits per heavy atom. The van der Waals surface area contributed by atoms with Crippen LogP contribution in [-0.4, -0.2) is 30.3 Å². The molecule has 0 saturated heterocycles. The molecule has 1 aliphatic rings. The molecular weight excluding hydrogens is 260 g/mol. The maximum Gasteiger partial charge on any atom is 0.191 e. The van der Waals surface area contributed by atoms with Crippen LogP contribution in [0.3, 0.4) is 0 Å². The Balaban J connectivity index is 1.59. The monoisotopic (exact) mass is 278 g/mol. The number of aryl methyl sites for hydroxylation is 2. The van der Waals surface area contributed by atoms with E-state index in [-0.39, 0.29) is 0 Å². The van der Waals surface area contributed by atoms with Crippen LogP contribution in [0.15, 0.2) is 17.6 Å². The van der Waals surface area contributed by atoms with Gasteiger partial charge in [-0.15, -0.1) is 10.2 Å². The Kier molecular flexibility index (Phi) is 3.72. The van der Waals surface area contributed by atoms with Crippen LogP contribution in [0.25, 0.3) is 0 Å². The third-order valence-electron chi connectivity index (χ3n) is 3.28. The van der Waals surface area contributed by atoms with Crippen molar-refractivity contribution in [3.05, 3.63) is 18.2 Å². The van der Waals surface area contributed by atoms with Crippen molar-refractivity contribution >= 4 is 17.4 Å². The molecular formula is C12H18N6S. The first-order valence-electron chi connectivity index (χ1n) is 6.66. The molecule has 0 spiro atoms. The molecule has 1 aliphatic heterocycles. The van der Waals surface area contributed by atoms with Gasteiger partial charge in [-0.25, -0.2) is 0 Å². The normalized spacial score (nSPS) is 15.2. The van der Waals surface area contributed by atoms with Crippen molar-refractivity contribution in [3.63, 3.8) is 0 Å². The highest BCUT2D eigenvalue weighted by atomic mass is 32.2. The maximum absolute atomic E-state index is 5.64. The summed E-state index contributed by atoms with van der Waals surface area (Å²) in [7, 11) is 0. The molecule has 0 radical (unpaired) electrons. The van der Waals surface area contributed by atoms with E-state index in [0.717, 1.165) is 36.2 Å². The molecule has 6 nitrogen and oxygen atoms in total. The van der Waals surface area contributed by atoms with Crippen LogP contribution < -0.4 is 5.73 Å². The van der Waals surface area contributed by atoms with Crippen molar-refractivity contribution in [2.24, 2.45) is 0 Å². The van der Waals surface area contributed by atoms with Gasteiger partial charge in [-0.2, -0.15) is 5.10 Å². The van der Waals surface area contributed by atoms with Crippen molar-refractivity contribution in [2.75, 3.05) is 11.5 Å². The number of nitrogens with two attached hydrogens (primary N) is 1. The Bertz CT molecular complexity index is 546. The standard InChI is InChI=1S/C12H18N6S/c13-10-8-14-17(9-10)6-7-19-12-16-15-11-4-2-1-3-5-18(11)12/h8-9H,1-7,13H2. The van der Waals surface area contributed by atoms with Crippen molar-refractivity contribution in [1.82, 2.24) is 24.5 Å². The fourth-order valence-corrected chi connectivity index (χ4v) is 3.21. The molecule has 0 unspecified atom stereocenters. The molecule has 0 atom stereocenters. The summed E-state index contributed by atoms with van der Waals surface area (Å²) in [5.74, 6) is 2.07. The van der Waals surface area contributed by atoms with Crippen molar-refractivity contribution in [3.8, 4) is 0 Å². The lowest BCUT2D eigenvalue weighted by atomic mass is 10.2. The largest absolute Gasteiger partial charge is 0.396 e. The number of aromatic nitrogens is 5. The number of thioether (sulfide) groups is 1. The Hall–Kier alpha value is -1.50. The van der Waals surface area contributed by atoms with E-state index in [1.54, 1.807) is 18.0 Å². The molecule has 3 rings (SSSR count). The second-order valence-electron chi connectivity index (χ2n) is 4.75. The van der Waals surface area contributed by atoms with Crippen molar-refractivity contribution < 1.29 is 0 Å². The Morgan fingerprint density at radius 3 is 3.05 bits per heavy atom. The lowest BCUT2D eigenvalue weighted by molar-refractivity contribution is 0.590. The molecule has 102 valence electrons. The van der Waals surface area contributed by atoms with Gasteiger partial charge in [0.2, 0.25) is 0 Å². The summed E-state index contributed by atoms with van der Waals surface area (Å²) in [5.41, 5.74) is 6.35. The maximum atomic E-state index is 5.64. The van der Waals surface area contributed by atoms with Crippen molar-refractivity contribution in [1.29, 1.82) is 0 Å². The van der Waals surface area contributed by atoms with Gasteiger partial charge in [0.15, 0.2) is 5.16 Å². The predicted molar refractivity (Wildman–Crippen MR) is 74.9 cm³/mol. The van der Waals surface area contributed by atoms with Gasteiger partial charge in [-0.1, -0.05) is 18.2 Å². The molecule has 19 heavy (non-hydrogen) atoms. The van der Waals surface area contributed by atoms with Crippen molar-refractivity contribution in [2.45, 2.75) is 43.9 Å². The zero-order chi connectivity index (χ0) is 13.1. The zero-order valence-electron chi connectivity index (χ0n) is 10.8. The number of nitrogen functional groups attached to an aromatic ring is 1. The van der Waals surface area contributed by atoms with E-state index >= 15 is 0 Å². The fourth-order valence-electron chi connectivity index (χ4n) is 2.30. The molecule has 0 aromatic carbocycles. The number of anilines is 1. The first-order chi connectivity index (χ1) is 9.33. The van der Waals surface area contributed by atoms with Crippen LogP contribution in [0.1, 0.15) is 25.1 Å². The Labute approximate surface area is 116 Å². The molecule has 7 heteroatoms. The smallest absolute Gasteiger partial charge is 0.191 e. The van der Waals surface area contributed by atoms with Crippen LogP contribution in [-0.2, 0) is 19.5 Å². The third kappa shape index (κ3) is 2.91. The first-order valence-corrected chi connectivity index (χ1v) is 7.64. The number of hydrogen-bond donors (Lipinski definition) is 1. The molecule has 0 aliphatic carbocycles. The minimum atomic E-state index is 0.710. The molecule has 2 N–H and O–H groups in total. The minimum Gasteiger partial charge on any atom is -0.396 e. The molecule has 0 amide bonds. The van der Waals surface area contributed by atoms with Gasteiger partial charge >= 0.3 is 0 Å². The average molecular weight is 278 g/mol. The lowest BCUT2D eigenvalue weighted by Gasteiger charge is -2.06. The van der Waals surface area contributed by atoms with E-state index in [9.17, 15) is 0 Å². The fraction of sp³-hybridized carbons (Fsp3) is 0.583. The number of rotatable bonds is 4.